The monoisotopic (exact) mass is 415 g/mol. The molecule has 0 spiro atoms. The fraction of sp³-hybridized carbons (Fsp3) is 0.579. The number of hydrogen-bond donors (Lipinski definition) is 3. The third-order valence-electron chi connectivity index (χ3n) is 5.17. The zero-order chi connectivity index (χ0) is 21.2. The Balaban J connectivity index is 2.10. The van der Waals surface area contributed by atoms with Crippen molar-refractivity contribution in [2.24, 2.45) is 11.7 Å². The molecule has 0 saturated carbocycles. The standard InChI is InChI=1S/C19H27ClFN3O4/c1-11(18(27)28)6-16(25)14(22)8-23-9-17(26)24(10-19(23,2)3)15-7-12(21)4-5-13(15)20/h4-5,7,11,14,16,25H,6,8-10,22H2,1-3H3,(H,27,28)/t11-,14+,16+/m1/s1. The van der Waals surface area contributed by atoms with Gasteiger partial charge in [0.05, 0.1) is 29.3 Å². The number of carboxylic acid groups (broad SMARTS) is 1. The molecule has 1 aromatic rings. The van der Waals surface area contributed by atoms with Crippen LogP contribution in [-0.2, 0) is 9.59 Å². The zero-order valence-electron chi connectivity index (χ0n) is 16.2. The number of aliphatic hydroxyl groups is 1. The SMILES string of the molecule is C[C@H](C[C@H](O)[C@@H](N)CN1CC(=O)N(c2cc(F)ccc2Cl)CC1(C)C)C(=O)O. The molecule has 7 nitrogen and oxygen atoms in total. The van der Waals surface area contributed by atoms with Gasteiger partial charge >= 0.3 is 5.97 Å². The summed E-state index contributed by atoms with van der Waals surface area (Å²) in [4.78, 5) is 27.0. The molecule has 0 aliphatic carbocycles. The Morgan fingerprint density at radius 2 is 2.07 bits per heavy atom. The highest BCUT2D eigenvalue weighted by molar-refractivity contribution is 6.33. The molecule has 1 aliphatic rings. The van der Waals surface area contributed by atoms with Crippen LogP contribution in [0.15, 0.2) is 18.2 Å². The van der Waals surface area contributed by atoms with E-state index in [1.807, 2.05) is 18.7 Å². The molecular formula is C19H27ClFN3O4. The number of carboxylic acids is 1. The quantitative estimate of drug-likeness (QED) is 0.625. The van der Waals surface area contributed by atoms with Gasteiger partial charge in [-0.25, -0.2) is 4.39 Å². The predicted molar refractivity (Wildman–Crippen MR) is 105 cm³/mol. The largest absolute Gasteiger partial charge is 0.481 e. The summed E-state index contributed by atoms with van der Waals surface area (Å²) in [5, 5.41) is 19.5. The molecule has 0 bridgehead atoms. The van der Waals surface area contributed by atoms with Gasteiger partial charge in [0.1, 0.15) is 5.82 Å². The number of rotatable bonds is 7. The zero-order valence-corrected chi connectivity index (χ0v) is 17.0. The van der Waals surface area contributed by atoms with Gasteiger partial charge in [0.15, 0.2) is 0 Å². The maximum absolute atomic E-state index is 13.6. The molecule has 3 atom stereocenters. The van der Waals surface area contributed by atoms with Gasteiger partial charge in [-0.05, 0) is 38.5 Å². The van der Waals surface area contributed by atoms with E-state index in [9.17, 15) is 19.1 Å². The van der Waals surface area contributed by atoms with Crippen LogP contribution in [0.4, 0.5) is 10.1 Å². The highest BCUT2D eigenvalue weighted by atomic mass is 35.5. The van der Waals surface area contributed by atoms with Crippen LogP contribution >= 0.6 is 11.6 Å². The molecule has 2 rings (SSSR count). The lowest BCUT2D eigenvalue weighted by atomic mass is 9.94. The summed E-state index contributed by atoms with van der Waals surface area (Å²) in [7, 11) is 0. The van der Waals surface area contributed by atoms with Gasteiger partial charge in [0.2, 0.25) is 5.91 Å². The number of carbonyl (C=O) groups excluding carboxylic acids is 1. The molecule has 0 unspecified atom stereocenters. The topological polar surface area (TPSA) is 107 Å². The molecule has 1 saturated heterocycles. The lowest BCUT2D eigenvalue weighted by molar-refractivity contribution is -0.142. The van der Waals surface area contributed by atoms with Crippen molar-refractivity contribution in [2.75, 3.05) is 24.5 Å². The summed E-state index contributed by atoms with van der Waals surface area (Å²) in [6.45, 7) is 5.85. The number of carbonyl (C=O) groups is 2. The molecule has 4 N–H and O–H groups in total. The van der Waals surface area contributed by atoms with Gasteiger partial charge in [-0.15, -0.1) is 0 Å². The maximum Gasteiger partial charge on any atom is 0.306 e. The summed E-state index contributed by atoms with van der Waals surface area (Å²) in [5.41, 5.74) is 5.88. The maximum atomic E-state index is 13.6. The number of nitrogens with two attached hydrogens (primary N) is 1. The summed E-state index contributed by atoms with van der Waals surface area (Å²) in [5.74, 6) is -2.46. The van der Waals surface area contributed by atoms with Gasteiger partial charge < -0.3 is 20.8 Å². The van der Waals surface area contributed by atoms with Gasteiger partial charge in [0.25, 0.3) is 0 Å². The van der Waals surface area contributed by atoms with E-state index in [2.05, 4.69) is 0 Å². The van der Waals surface area contributed by atoms with Crippen molar-refractivity contribution in [3.8, 4) is 0 Å². The van der Waals surface area contributed by atoms with Crippen LogP contribution in [0.1, 0.15) is 27.2 Å². The number of amides is 1. The Morgan fingerprint density at radius 1 is 1.43 bits per heavy atom. The van der Waals surface area contributed by atoms with Crippen molar-refractivity contribution >= 4 is 29.2 Å². The van der Waals surface area contributed by atoms with Crippen LogP contribution in [0.2, 0.25) is 5.02 Å². The minimum Gasteiger partial charge on any atom is -0.481 e. The van der Waals surface area contributed by atoms with Crippen molar-refractivity contribution in [3.63, 3.8) is 0 Å². The summed E-state index contributed by atoms with van der Waals surface area (Å²) >= 11 is 6.15. The molecule has 0 radical (unpaired) electrons. The third-order valence-corrected chi connectivity index (χ3v) is 5.49. The Kier molecular flexibility index (Phi) is 7.03. The summed E-state index contributed by atoms with van der Waals surface area (Å²) in [6.07, 6.45) is -0.975. The van der Waals surface area contributed by atoms with E-state index < -0.39 is 35.4 Å². The van der Waals surface area contributed by atoms with Crippen molar-refractivity contribution in [1.82, 2.24) is 4.90 Å². The highest BCUT2D eigenvalue weighted by Gasteiger charge is 2.40. The Morgan fingerprint density at radius 3 is 2.68 bits per heavy atom. The smallest absolute Gasteiger partial charge is 0.306 e. The lowest BCUT2D eigenvalue weighted by Crippen LogP contribution is -2.64. The molecule has 28 heavy (non-hydrogen) atoms. The highest BCUT2D eigenvalue weighted by Crippen LogP contribution is 2.32. The molecule has 1 aliphatic heterocycles. The number of nitrogens with zero attached hydrogens (tertiary/aromatic N) is 2. The minimum absolute atomic E-state index is 0.0226. The summed E-state index contributed by atoms with van der Waals surface area (Å²) < 4.78 is 13.6. The number of piperazine rings is 1. The molecular weight excluding hydrogens is 389 g/mol. The van der Waals surface area contributed by atoms with Crippen LogP contribution in [-0.4, -0.2) is 64.3 Å². The lowest BCUT2D eigenvalue weighted by Gasteiger charge is -2.47. The average Bonchev–Trinajstić information content (AvgIpc) is 2.59. The van der Waals surface area contributed by atoms with Crippen LogP contribution < -0.4 is 10.6 Å². The first kappa shape index (κ1) is 22.5. The van der Waals surface area contributed by atoms with E-state index in [4.69, 9.17) is 22.4 Å². The van der Waals surface area contributed by atoms with Gasteiger partial charge in [-0.1, -0.05) is 18.5 Å². The first-order valence-corrected chi connectivity index (χ1v) is 9.47. The van der Waals surface area contributed by atoms with Gasteiger partial charge in [-0.2, -0.15) is 0 Å². The van der Waals surface area contributed by atoms with Gasteiger partial charge in [-0.3, -0.25) is 14.5 Å². The molecule has 1 fully saturated rings. The normalized spacial score (nSPS) is 20.7. The number of halogens is 2. The first-order chi connectivity index (χ1) is 12.9. The van der Waals surface area contributed by atoms with Crippen molar-refractivity contribution in [3.05, 3.63) is 29.0 Å². The first-order valence-electron chi connectivity index (χ1n) is 9.09. The average molecular weight is 416 g/mol. The molecule has 1 aromatic carbocycles. The number of hydrogen-bond acceptors (Lipinski definition) is 5. The van der Waals surface area contributed by atoms with Gasteiger partial charge in [0, 0.05) is 24.7 Å². The minimum atomic E-state index is -1.01. The number of aliphatic hydroxyl groups excluding tert-OH is 1. The second-order valence-electron chi connectivity index (χ2n) is 7.97. The van der Waals surface area contributed by atoms with E-state index in [1.54, 1.807) is 0 Å². The fourth-order valence-electron chi connectivity index (χ4n) is 3.28. The van der Waals surface area contributed by atoms with Crippen LogP contribution in [0.25, 0.3) is 0 Å². The second-order valence-corrected chi connectivity index (χ2v) is 8.38. The predicted octanol–water partition coefficient (Wildman–Crippen LogP) is 1.71. The van der Waals surface area contributed by atoms with Crippen molar-refractivity contribution in [2.45, 2.75) is 44.9 Å². The second kappa shape index (κ2) is 8.73. The summed E-state index contributed by atoms with van der Waals surface area (Å²) in [6, 6.07) is 3.16. The van der Waals surface area contributed by atoms with E-state index in [0.717, 1.165) is 0 Å². The molecule has 0 aromatic heterocycles. The Bertz CT molecular complexity index is 746. The fourth-order valence-corrected chi connectivity index (χ4v) is 3.50. The van der Waals surface area contributed by atoms with Crippen molar-refractivity contribution in [1.29, 1.82) is 0 Å². The molecule has 156 valence electrons. The van der Waals surface area contributed by atoms with E-state index in [1.165, 1.54) is 30.0 Å². The van der Waals surface area contributed by atoms with Crippen LogP contribution in [0, 0.1) is 11.7 Å². The number of aliphatic carboxylic acids is 1. The molecule has 1 heterocycles. The van der Waals surface area contributed by atoms with Crippen molar-refractivity contribution < 1.29 is 24.2 Å². The van der Waals surface area contributed by atoms with E-state index in [0.29, 0.717) is 5.69 Å². The molecule has 9 heteroatoms. The van der Waals surface area contributed by atoms with E-state index in [-0.39, 0.29) is 37.0 Å². The number of anilines is 1. The third kappa shape index (κ3) is 5.20. The van der Waals surface area contributed by atoms with E-state index >= 15 is 0 Å². The van der Waals surface area contributed by atoms with Crippen LogP contribution in [0.5, 0.6) is 0 Å². The Hall–Kier alpha value is -1.74. The van der Waals surface area contributed by atoms with Crippen LogP contribution in [0.3, 0.4) is 0 Å². The Labute approximate surface area is 168 Å². The number of benzene rings is 1. The molecule has 1 amide bonds.